The van der Waals surface area contributed by atoms with Crippen molar-refractivity contribution in [3.05, 3.63) is 29.3 Å². The molecule has 0 aliphatic heterocycles. The Bertz CT molecular complexity index is 526. The Balaban J connectivity index is 1.68. The summed E-state index contributed by atoms with van der Waals surface area (Å²) in [6, 6.07) is 6.50. The Morgan fingerprint density at radius 2 is 1.86 bits per heavy atom. The number of nitrogens with two attached hydrogens (primary N) is 1. The number of fused-ring (bicyclic) bond motifs is 2. The lowest BCUT2D eigenvalue weighted by atomic mass is 9.65. The lowest BCUT2D eigenvalue weighted by molar-refractivity contribution is -0.122. The Hall–Kier alpha value is -1.35. The van der Waals surface area contributed by atoms with Crippen LogP contribution in [0.25, 0.3) is 0 Å². The second-order valence-electron chi connectivity index (χ2n) is 7.00. The molecule has 114 valence electrons. The van der Waals surface area contributed by atoms with Crippen LogP contribution in [-0.2, 0) is 4.79 Å². The summed E-state index contributed by atoms with van der Waals surface area (Å²) in [6.45, 7) is 4.12. The predicted molar refractivity (Wildman–Crippen MR) is 86.1 cm³/mol. The average molecular weight is 286 g/mol. The van der Waals surface area contributed by atoms with Crippen LogP contribution in [0.5, 0.6) is 0 Å². The molecule has 2 aliphatic rings. The van der Waals surface area contributed by atoms with E-state index in [0.717, 1.165) is 24.1 Å². The minimum Gasteiger partial charge on any atom is -0.327 e. The average Bonchev–Trinajstić information content (AvgIpc) is 2.41. The number of benzene rings is 1. The van der Waals surface area contributed by atoms with Crippen molar-refractivity contribution >= 4 is 11.6 Å². The van der Waals surface area contributed by atoms with Gasteiger partial charge in [0.2, 0.25) is 5.91 Å². The van der Waals surface area contributed by atoms with Crippen LogP contribution in [0.4, 0.5) is 5.69 Å². The molecule has 3 N–H and O–H groups in total. The molecule has 0 aromatic heterocycles. The Kier molecular flexibility index (Phi) is 4.03. The monoisotopic (exact) mass is 286 g/mol. The van der Waals surface area contributed by atoms with Crippen LogP contribution >= 0.6 is 0 Å². The van der Waals surface area contributed by atoms with E-state index in [1.54, 1.807) is 0 Å². The highest BCUT2D eigenvalue weighted by Crippen LogP contribution is 2.42. The highest BCUT2D eigenvalue weighted by atomic mass is 16.1. The van der Waals surface area contributed by atoms with Crippen molar-refractivity contribution in [2.45, 2.75) is 52.0 Å². The first-order valence-electron chi connectivity index (χ1n) is 8.18. The first kappa shape index (κ1) is 14.6. The zero-order valence-corrected chi connectivity index (χ0v) is 13.1. The maximum absolute atomic E-state index is 12.6. The van der Waals surface area contributed by atoms with Crippen molar-refractivity contribution in [1.82, 2.24) is 0 Å². The zero-order valence-electron chi connectivity index (χ0n) is 13.1. The summed E-state index contributed by atoms with van der Waals surface area (Å²) in [6.07, 6.45) is 5.62. The topological polar surface area (TPSA) is 55.1 Å². The molecule has 3 rings (SSSR count). The molecule has 2 saturated carbocycles. The summed E-state index contributed by atoms with van der Waals surface area (Å²) in [5.41, 5.74) is 9.62. The molecule has 21 heavy (non-hydrogen) atoms. The minimum absolute atomic E-state index is 0.140. The molecular weight excluding hydrogens is 260 g/mol. The van der Waals surface area contributed by atoms with Crippen LogP contribution in [0.3, 0.4) is 0 Å². The highest BCUT2D eigenvalue weighted by molar-refractivity contribution is 5.93. The fraction of sp³-hybridized carbons (Fsp3) is 0.611. The molecule has 2 atom stereocenters. The molecule has 2 fully saturated rings. The van der Waals surface area contributed by atoms with Gasteiger partial charge in [-0.05, 0) is 63.0 Å². The van der Waals surface area contributed by atoms with E-state index in [2.05, 4.69) is 18.3 Å². The number of anilines is 1. The van der Waals surface area contributed by atoms with E-state index in [0.29, 0.717) is 17.9 Å². The highest BCUT2D eigenvalue weighted by Gasteiger charge is 2.40. The van der Waals surface area contributed by atoms with E-state index >= 15 is 0 Å². The number of aryl methyl sites for hydroxylation is 2. The summed E-state index contributed by atoms with van der Waals surface area (Å²) in [5, 5.41) is 3.13. The maximum Gasteiger partial charge on any atom is 0.227 e. The van der Waals surface area contributed by atoms with Gasteiger partial charge in [0.15, 0.2) is 0 Å². The van der Waals surface area contributed by atoms with Gasteiger partial charge in [-0.2, -0.15) is 0 Å². The third-order valence-corrected chi connectivity index (χ3v) is 5.42. The Morgan fingerprint density at radius 1 is 1.19 bits per heavy atom. The third kappa shape index (κ3) is 2.98. The number of carbonyl (C=O) groups excluding carboxylic acids is 1. The molecule has 2 aliphatic carbocycles. The molecule has 2 unspecified atom stereocenters. The molecule has 3 heteroatoms. The maximum atomic E-state index is 12.6. The summed E-state index contributed by atoms with van der Waals surface area (Å²) in [4.78, 5) is 12.6. The summed E-state index contributed by atoms with van der Waals surface area (Å²) in [5.74, 6) is 1.42. The van der Waals surface area contributed by atoms with Crippen LogP contribution < -0.4 is 11.1 Å². The van der Waals surface area contributed by atoms with Gasteiger partial charge in [0.05, 0.1) is 0 Å². The molecule has 1 aromatic rings. The van der Waals surface area contributed by atoms with Gasteiger partial charge in [-0.1, -0.05) is 24.1 Å². The number of hydrogen-bond donors (Lipinski definition) is 2. The fourth-order valence-electron chi connectivity index (χ4n) is 4.19. The third-order valence-electron chi connectivity index (χ3n) is 5.42. The molecule has 1 amide bonds. The summed E-state index contributed by atoms with van der Waals surface area (Å²) in [7, 11) is 0. The van der Waals surface area contributed by atoms with Crippen molar-refractivity contribution in [3.8, 4) is 0 Å². The van der Waals surface area contributed by atoms with Gasteiger partial charge in [0.25, 0.3) is 0 Å². The lowest BCUT2D eigenvalue weighted by Crippen LogP contribution is -2.48. The quantitative estimate of drug-likeness (QED) is 0.875. The van der Waals surface area contributed by atoms with E-state index in [-0.39, 0.29) is 11.8 Å². The van der Waals surface area contributed by atoms with Gasteiger partial charge in [-0.25, -0.2) is 0 Å². The van der Waals surface area contributed by atoms with Crippen LogP contribution in [0.2, 0.25) is 0 Å². The van der Waals surface area contributed by atoms with Crippen molar-refractivity contribution < 1.29 is 4.79 Å². The van der Waals surface area contributed by atoms with Gasteiger partial charge in [-0.15, -0.1) is 0 Å². The smallest absolute Gasteiger partial charge is 0.227 e. The van der Waals surface area contributed by atoms with Crippen LogP contribution in [0.15, 0.2) is 18.2 Å². The van der Waals surface area contributed by atoms with E-state index < -0.39 is 0 Å². The van der Waals surface area contributed by atoms with Gasteiger partial charge in [0, 0.05) is 17.6 Å². The number of amides is 1. The Labute approximate surface area is 127 Å². The number of hydrogen-bond acceptors (Lipinski definition) is 2. The second kappa shape index (κ2) is 5.80. The van der Waals surface area contributed by atoms with Crippen molar-refractivity contribution in [1.29, 1.82) is 0 Å². The molecule has 2 bridgehead atoms. The normalized spacial score (nSPS) is 31.8. The molecule has 1 aromatic carbocycles. The molecule has 3 nitrogen and oxygen atoms in total. The van der Waals surface area contributed by atoms with Gasteiger partial charge in [0.1, 0.15) is 0 Å². The number of rotatable bonds is 2. The molecule has 0 radical (unpaired) electrons. The van der Waals surface area contributed by atoms with E-state index in [1.807, 2.05) is 19.1 Å². The van der Waals surface area contributed by atoms with Gasteiger partial charge in [-0.3, -0.25) is 4.79 Å². The largest absolute Gasteiger partial charge is 0.327 e. The van der Waals surface area contributed by atoms with Crippen LogP contribution in [0.1, 0.15) is 43.2 Å². The minimum atomic E-state index is 0.140. The lowest BCUT2D eigenvalue weighted by Gasteiger charge is -2.43. The first-order chi connectivity index (χ1) is 10.0. The van der Waals surface area contributed by atoms with E-state index in [4.69, 9.17) is 5.73 Å². The van der Waals surface area contributed by atoms with Crippen molar-refractivity contribution in [2.75, 3.05) is 5.32 Å². The van der Waals surface area contributed by atoms with Crippen molar-refractivity contribution in [2.24, 2.45) is 23.5 Å². The summed E-state index contributed by atoms with van der Waals surface area (Å²) >= 11 is 0. The van der Waals surface area contributed by atoms with E-state index in [9.17, 15) is 4.79 Å². The first-order valence-corrected chi connectivity index (χ1v) is 8.18. The zero-order chi connectivity index (χ0) is 15.0. The van der Waals surface area contributed by atoms with Gasteiger partial charge < -0.3 is 11.1 Å². The predicted octanol–water partition coefficient (Wildman–Crippen LogP) is 3.40. The number of carbonyl (C=O) groups is 1. The van der Waals surface area contributed by atoms with Crippen molar-refractivity contribution in [3.63, 3.8) is 0 Å². The molecule has 0 heterocycles. The van der Waals surface area contributed by atoms with Crippen LogP contribution in [-0.4, -0.2) is 11.9 Å². The Morgan fingerprint density at radius 3 is 2.48 bits per heavy atom. The van der Waals surface area contributed by atoms with Crippen LogP contribution in [0, 0.1) is 31.6 Å². The summed E-state index contributed by atoms with van der Waals surface area (Å²) < 4.78 is 0. The SMILES string of the molecule is Cc1ccc(NC(=O)C2CC3CCCC(C2)C3N)c(C)c1. The van der Waals surface area contributed by atoms with Gasteiger partial charge >= 0.3 is 0 Å². The molecule has 0 spiro atoms. The number of nitrogens with one attached hydrogen (secondary N) is 1. The fourth-order valence-corrected chi connectivity index (χ4v) is 4.19. The molecular formula is C18H26N2O. The second-order valence-corrected chi connectivity index (χ2v) is 7.00. The molecule has 0 saturated heterocycles. The standard InChI is InChI=1S/C18H26N2O/c1-11-6-7-16(12(2)8-11)20-18(21)15-9-13-4-3-5-14(10-15)17(13)19/h6-8,13-15,17H,3-5,9-10,19H2,1-2H3,(H,20,21). The van der Waals surface area contributed by atoms with E-state index in [1.165, 1.54) is 24.8 Å².